The van der Waals surface area contributed by atoms with E-state index in [9.17, 15) is 18.0 Å². The second kappa shape index (κ2) is 6.61. The molecule has 0 aliphatic carbocycles. The lowest BCUT2D eigenvalue weighted by Gasteiger charge is -2.30. The van der Waals surface area contributed by atoms with Gasteiger partial charge in [0.05, 0.1) is 6.54 Å². The van der Waals surface area contributed by atoms with Crippen molar-refractivity contribution in [2.45, 2.75) is 26.2 Å². The van der Waals surface area contributed by atoms with E-state index >= 15 is 0 Å². The van der Waals surface area contributed by atoms with Gasteiger partial charge >= 0.3 is 6.18 Å². The minimum absolute atomic E-state index is 0. The summed E-state index contributed by atoms with van der Waals surface area (Å²) in [6.45, 7) is 2.67. The first-order valence-electron chi connectivity index (χ1n) is 6.27. The normalized spacial score (nSPS) is 16.1. The molecule has 0 radical (unpaired) electrons. The van der Waals surface area contributed by atoms with Crippen molar-refractivity contribution in [3.63, 3.8) is 0 Å². The summed E-state index contributed by atoms with van der Waals surface area (Å²) in [6.07, 6.45) is -4.52. The highest BCUT2D eigenvalue weighted by Gasteiger charge is 2.40. The molecule has 1 N–H and O–H groups in total. The standard InChI is InChI=1S/C11H16F3N5O.ClH/c1-7(5-15-2)9(20)18-3-4-19-8(6-18)16-17-10(19)11(12,13)14;/h7,15H,3-6H2,1-2H3;1H. The second-order valence-corrected chi connectivity index (χ2v) is 4.81. The molecule has 120 valence electrons. The van der Waals surface area contributed by atoms with E-state index < -0.39 is 12.0 Å². The predicted molar refractivity (Wildman–Crippen MR) is 70.8 cm³/mol. The molecule has 1 amide bonds. The van der Waals surface area contributed by atoms with Gasteiger partial charge in [-0.05, 0) is 7.05 Å². The fourth-order valence-electron chi connectivity index (χ4n) is 2.26. The van der Waals surface area contributed by atoms with Crippen LogP contribution in [0, 0.1) is 5.92 Å². The maximum atomic E-state index is 12.7. The Morgan fingerprint density at radius 1 is 1.38 bits per heavy atom. The zero-order chi connectivity index (χ0) is 14.9. The quantitative estimate of drug-likeness (QED) is 0.896. The molecule has 10 heteroatoms. The first-order chi connectivity index (χ1) is 9.34. The fraction of sp³-hybridized carbons (Fsp3) is 0.727. The lowest BCUT2D eigenvalue weighted by atomic mass is 10.1. The summed E-state index contributed by atoms with van der Waals surface area (Å²) >= 11 is 0. The first kappa shape index (κ1) is 17.7. The van der Waals surface area contributed by atoms with Gasteiger partial charge in [0.15, 0.2) is 5.82 Å². The molecule has 0 bridgehead atoms. The van der Waals surface area contributed by atoms with Crippen LogP contribution >= 0.6 is 12.4 Å². The van der Waals surface area contributed by atoms with Crippen LogP contribution in [0.2, 0.25) is 0 Å². The van der Waals surface area contributed by atoms with Crippen molar-refractivity contribution in [3.05, 3.63) is 11.6 Å². The number of rotatable bonds is 3. The van der Waals surface area contributed by atoms with Gasteiger partial charge < -0.3 is 14.8 Å². The van der Waals surface area contributed by atoms with E-state index in [0.717, 1.165) is 4.57 Å². The summed E-state index contributed by atoms with van der Waals surface area (Å²) in [5, 5.41) is 9.63. The first-order valence-corrected chi connectivity index (χ1v) is 6.27. The summed E-state index contributed by atoms with van der Waals surface area (Å²) in [5.74, 6) is -1.14. The molecule has 0 spiro atoms. The minimum Gasteiger partial charge on any atom is -0.333 e. The third-order valence-electron chi connectivity index (χ3n) is 3.25. The number of nitrogens with zero attached hydrogens (tertiary/aromatic N) is 4. The molecule has 1 aliphatic rings. The van der Waals surface area contributed by atoms with Gasteiger partial charge in [-0.15, -0.1) is 22.6 Å². The van der Waals surface area contributed by atoms with Crippen LogP contribution in [0.25, 0.3) is 0 Å². The number of carbonyl (C=O) groups excluding carboxylic acids is 1. The van der Waals surface area contributed by atoms with Gasteiger partial charge in [0, 0.05) is 25.6 Å². The Labute approximate surface area is 126 Å². The monoisotopic (exact) mass is 327 g/mol. The van der Waals surface area contributed by atoms with Crippen LogP contribution in [-0.2, 0) is 24.1 Å². The molecule has 1 aromatic rings. The number of nitrogens with one attached hydrogen (secondary N) is 1. The van der Waals surface area contributed by atoms with Gasteiger partial charge in [0.25, 0.3) is 0 Å². The fourth-order valence-corrected chi connectivity index (χ4v) is 2.26. The van der Waals surface area contributed by atoms with Gasteiger partial charge in [0.2, 0.25) is 11.7 Å². The summed E-state index contributed by atoms with van der Waals surface area (Å²) < 4.78 is 39.1. The maximum absolute atomic E-state index is 12.7. The number of carbonyl (C=O) groups is 1. The molecular weight excluding hydrogens is 311 g/mol. The van der Waals surface area contributed by atoms with Crippen molar-refractivity contribution < 1.29 is 18.0 Å². The summed E-state index contributed by atoms with van der Waals surface area (Å²) in [5.41, 5.74) is 0. The van der Waals surface area contributed by atoms with Crippen molar-refractivity contribution >= 4 is 18.3 Å². The highest BCUT2D eigenvalue weighted by atomic mass is 35.5. The Morgan fingerprint density at radius 2 is 2.05 bits per heavy atom. The van der Waals surface area contributed by atoms with Crippen molar-refractivity contribution in [2.24, 2.45) is 5.92 Å². The Bertz CT molecular complexity index is 505. The molecule has 0 fully saturated rings. The van der Waals surface area contributed by atoms with Crippen LogP contribution in [-0.4, -0.2) is 45.7 Å². The highest BCUT2D eigenvalue weighted by Crippen LogP contribution is 2.29. The van der Waals surface area contributed by atoms with Crippen LogP contribution in [0.5, 0.6) is 0 Å². The second-order valence-electron chi connectivity index (χ2n) is 4.81. The van der Waals surface area contributed by atoms with E-state index in [2.05, 4.69) is 15.5 Å². The Hall–Kier alpha value is -1.35. The third kappa shape index (κ3) is 3.65. The Kier molecular flexibility index (Phi) is 5.57. The van der Waals surface area contributed by atoms with E-state index in [1.165, 1.54) is 4.90 Å². The minimum atomic E-state index is -4.52. The predicted octanol–water partition coefficient (Wildman–Crippen LogP) is 0.916. The molecule has 1 aromatic heterocycles. The number of amides is 1. The van der Waals surface area contributed by atoms with Gasteiger partial charge in [0.1, 0.15) is 0 Å². The topological polar surface area (TPSA) is 63.1 Å². The SMILES string of the molecule is CNCC(C)C(=O)N1CCn2c(nnc2C(F)(F)F)C1.Cl. The lowest BCUT2D eigenvalue weighted by Crippen LogP contribution is -2.43. The molecule has 0 aromatic carbocycles. The van der Waals surface area contributed by atoms with E-state index in [1.54, 1.807) is 14.0 Å². The van der Waals surface area contributed by atoms with E-state index in [4.69, 9.17) is 0 Å². The number of alkyl halides is 3. The zero-order valence-corrected chi connectivity index (χ0v) is 12.5. The summed E-state index contributed by atoms with van der Waals surface area (Å²) in [4.78, 5) is 13.6. The molecule has 0 saturated carbocycles. The van der Waals surface area contributed by atoms with Crippen LogP contribution in [0.4, 0.5) is 13.2 Å². The average Bonchev–Trinajstić information content (AvgIpc) is 2.80. The molecule has 0 saturated heterocycles. The highest BCUT2D eigenvalue weighted by molar-refractivity contribution is 5.85. The smallest absolute Gasteiger partial charge is 0.333 e. The van der Waals surface area contributed by atoms with E-state index in [0.29, 0.717) is 6.54 Å². The van der Waals surface area contributed by atoms with Crippen LogP contribution in [0.1, 0.15) is 18.6 Å². The molecule has 1 unspecified atom stereocenters. The van der Waals surface area contributed by atoms with Crippen molar-refractivity contribution in [1.82, 2.24) is 25.0 Å². The van der Waals surface area contributed by atoms with Gasteiger partial charge in [-0.2, -0.15) is 13.2 Å². The molecule has 6 nitrogen and oxygen atoms in total. The zero-order valence-electron chi connectivity index (χ0n) is 11.6. The number of hydrogen-bond donors (Lipinski definition) is 1. The molecule has 1 atom stereocenters. The largest absolute Gasteiger partial charge is 0.451 e. The van der Waals surface area contributed by atoms with Crippen LogP contribution in [0.15, 0.2) is 0 Å². The lowest BCUT2D eigenvalue weighted by molar-refractivity contribution is -0.148. The number of fused-ring (bicyclic) bond motifs is 1. The van der Waals surface area contributed by atoms with Gasteiger partial charge in [-0.25, -0.2) is 0 Å². The Balaban J connectivity index is 0.00000220. The van der Waals surface area contributed by atoms with Crippen molar-refractivity contribution in [3.8, 4) is 0 Å². The Morgan fingerprint density at radius 3 is 2.62 bits per heavy atom. The van der Waals surface area contributed by atoms with Crippen LogP contribution in [0.3, 0.4) is 0 Å². The van der Waals surface area contributed by atoms with Gasteiger partial charge in [-0.3, -0.25) is 4.79 Å². The van der Waals surface area contributed by atoms with Crippen molar-refractivity contribution in [1.29, 1.82) is 0 Å². The van der Waals surface area contributed by atoms with Crippen molar-refractivity contribution in [2.75, 3.05) is 20.1 Å². The molecule has 2 rings (SSSR count). The average molecular weight is 328 g/mol. The van der Waals surface area contributed by atoms with Crippen LogP contribution < -0.4 is 5.32 Å². The number of halogens is 4. The van der Waals surface area contributed by atoms with Gasteiger partial charge in [-0.1, -0.05) is 6.92 Å². The maximum Gasteiger partial charge on any atom is 0.451 e. The third-order valence-corrected chi connectivity index (χ3v) is 3.25. The molecule has 21 heavy (non-hydrogen) atoms. The number of aromatic nitrogens is 3. The molecular formula is C11H17ClF3N5O. The van der Waals surface area contributed by atoms with E-state index in [1.807, 2.05) is 0 Å². The summed E-state index contributed by atoms with van der Waals surface area (Å²) in [6, 6.07) is 0. The van der Waals surface area contributed by atoms with E-state index in [-0.39, 0.29) is 49.7 Å². The molecule has 2 heterocycles. The molecule has 1 aliphatic heterocycles. The number of hydrogen-bond acceptors (Lipinski definition) is 4. The summed E-state index contributed by atoms with van der Waals surface area (Å²) in [7, 11) is 1.74.